The summed E-state index contributed by atoms with van der Waals surface area (Å²) in [6.07, 6.45) is 0. The molecule has 0 saturated heterocycles. The van der Waals surface area contributed by atoms with Crippen molar-refractivity contribution in [3.8, 4) is 10.9 Å². The van der Waals surface area contributed by atoms with Crippen molar-refractivity contribution in [1.82, 2.24) is 10.2 Å². The summed E-state index contributed by atoms with van der Waals surface area (Å²) >= 11 is 1.15. The molecular formula is C10H7FN2O3S. The average Bonchev–Trinajstić information content (AvgIpc) is 2.63. The smallest absolute Gasteiger partial charge is 0.339 e. The zero-order valence-electron chi connectivity index (χ0n) is 8.68. The molecule has 2 aromatic rings. The molecule has 1 N–H and O–H groups in total. The van der Waals surface area contributed by atoms with Gasteiger partial charge in [0.2, 0.25) is 0 Å². The summed E-state index contributed by atoms with van der Waals surface area (Å²) in [4.78, 5) is 10.9. The minimum absolute atomic E-state index is 0.0892. The Balaban J connectivity index is 2.37. The first-order valence-corrected chi connectivity index (χ1v) is 5.38. The van der Waals surface area contributed by atoms with Gasteiger partial charge in [0.15, 0.2) is 0 Å². The maximum Gasteiger partial charge on any atom is 0.339 e. The van der Waals surface area contributed by atoms with E-state index in [0.717, 1.165) is 29.5 Å². The van der Waals surface area contributed by atoms with Crippen LogP contribution in [0.5, 0.6) is 10.9 Å². The molecule has 0 unspecified atom stereocenters. The predicted molar refractivity (Wildman–Crippen MR) is 58.1 cm³/mol. The van der Waals surface area contributed by atoms with Gasteiger partial charge < -0.3 is 9.84 Å². The number of aromatic carboxylic acids is 1. The lowest BCUT2D eigenvalue weighted by atomic mass is 10.2. The molecular weight excluding hydrogens is 247 g/mol. The fourth-order valence-corrected chi connectivity index (χ4v) is 1.72. The highest BCUT2D eigenvalue weighted by Crippen LogP contribution is 2.28. The van der Waals surface area contributed by atoms with Gasteiger partial charge in [-0.25, -0.2) is 9.18 Å². The van der Waals surface area contributed by atoms with E-state index in [-0.39, 0.29) is 16.5 Å². The summed E-state index contributed by atoms with van der Waals surface area (Å²) in [5.41, 5.74) is -0.126. The second-order valence-corrected chi connectivity index (χ2v) is 4.28. The van der Waals surface area contributed by atoms with Crippen LogP contribution in [-0.2, 0) is 0 Å². The molecule has 2 rings (SSSR count). The minimum Gasteiger partial charge on any atom is -0.478 e. The van der Waals surface area contributed by atoms with Crippen molar-refractivity contribution in [3.63, 3.8) is 0 Å². The Kier molecular flexibility index (Phi) is 3.01. The van der Waals surface area contributed by atoms with Crippen LogP contribution in [0.3, 0.4) is 0 Å². The van der Waals surface area contributed by atoms with E-state index in [2.05, 4.69) is 10.2 Å². The standard InChI is InChI=1S/C10H7FN2O3S/c1-5-12-13-10(17-5)16-8-4-6(11)2-3-7(8)9(14)15/h2-4H,1H3,(H,14,15). The highest BCUT2D eigenvalue weighted by molar-refractivity contribution is 7.13. The molecule has 1 aromatic heterocycles. The van der Waals surface area contributed by atoms with Crippen molar-refractivity contribution < 1.29 is 19.0 Å². The van der Waals surface area contributed by atoms with E-state index in [0.29, 0.717) is 5.01 Å². The van der Waals surface area contributed by atoms with Gasteiger partial charge in [-0.1, -0.05) is 16.4 Å². The lowest BCUT2D eigenvalue weighted by Crippen LogP contribution is -2.00. The number of benzene rings is 1. The van der Waals surface area contributed by atoms with Crippen LogP contribution in [0.1, 0.15) is 15.4 Å². The number of carbonyl (C=O) groups is 1. The molecule has 0 atom stereocenters. The number of aromatic nitrogens is 2. The number of ether oxygens (including phenoxy) is 1. The van der Waals surface area contributed by atoms with Gasteiger partial charge in [-0.05, 0) is 19.1 Å². The molecule has 0 spiro atoms. The van der Waals surface area contributed by atoms with Crippen LogP contribution in [0.2, 0.25) is 0 Å². The number of carboxylic acids is 1. The van der Waals surface area contributed by atoms with E-state index in [1.54, 1.807) is 6.92 Å². The van der Waals surface area contributed by atoms with Crippen molar-refractivity contribution in [2.75, 3.05) is 0 Å². The van der Waals surface area contributed by atoms with Gasteiger partial charge in [0.05, 0.1) is 0 Å². The summed E-state index contributed by atoms with van der Waals surface area (Å²) in [6.45, 7) is 1.73. The van der Waals surface area contributed by atoms with E-state index in [9.17, 15) is 9.18 Å². The molecule has 1 heterocycles. The maximum absolute atomic E-state index is 13.0. The molecule has 0 bridgehead atoms. The number of hydrogen-bond acceptors (Lipinski definition) is 5. The summed E-state index contributed by atoms with van der Waals surface area (Å²) in [6, 6.07) is 3.20. The van der Waals surface area contributed by atoms with Crippen molar-refractivity contribution in [2.45, 2.75) is 6.92 Å². The lowest BCUT2D eigenvalue weighted by molar-refractivity contribution is 0.0694. The second kappa shape index (κ2) is 4.46. The molecule has 0 saturated carbocycles. The van der Waals surface area contributed by atoms with Crippen LogP contribution in [0.4, 0.5) is 4.39 Å². The Morgan fingerprint density at radius 1 is 1.47 bits per heavy atom. The number of nitrogens with zero attached hydrogens (tertiary/aromatic N) is 2. The Labute approximate surface area is 99.5 Å². The van der Waals surface area contributed by atoms with E-state index in [1.807, 2.05) is 0 Å². The van der Waals surface area contributed by atoms with Gasteiger partial charge in [0.1, 0.15) is 22.1 Å². The molecule has 88 valence electrons. The van der Waals surface area contributed by atoms with E-state index in [1.165, 1.54) is 0 Å². The fourth-order valence-electron chi connectivity index (χ4n) is 1.17. The number of carboxylic acid groups (broad SMARTS) is 1. The molecule has 0 aliphatic carbocycles. The van der Waals surface area contributed by atoms with Crippen molar-refractivity contribution in [3.05, 3.63) is 34.6 Å². The molecule has 17 heavy (non-hydrogen) atoms. The molecule has 7 heteroatoms. The number of halogens is 1. The number of hydrogen-bond donors (Lipinski definition) is 1. The largest absolute Gasteiger partial charge is 0.478 e. The summed E-state index contributed by atoms with van der Waals surface area (Å²) < 4.78 is 18.2. The quantitative estimate of drug-likeness (QED) is 0.910. The van der Waals surface area contributed by atoms with Crippen LogP contribution >= 0.6 is 11.3 Å². The Morgan fingerprint density at radius 3 is 2.82 bits per heavy atom. The van der Waals surface area contributed by atoms with E-state index >= 15 is 0 Å². The predicted octanol–water partition coefficient (Wildman–Crippen LogP) is 2.48. The molecule has 0 amide bonds. The van der Waals surface area contributed by atoms with Crippen LogP contribution < -0.4 is 4.74 Å². The Bertz CT molecular complexity index is 570. The van der Waals surface area contributed by atoms with Crippen LogP contribution in [-0.4, -0.2) is 21.3 Å². The van der Waals surface area contributed by atoms with Crippen LogP contribution in [0.25, 0.3) is 0 Å². The first-order valence-electron chi connectivity index (χ1n) is 4.57. The first-order chi connectivity index (χ1) is 8.06. The van der Waals surface area contributed by atoms with Gasteiger partial charge in [0, 0.05) is 6.07 Å². The van der Waals surface area contributed by atoms with Gasteiger partial charge in [-0.15, -0.1) is 5.10 Å². The Morgan fingerprint density at radius 2 is 2.24 bits per heavy atom. The number of aryl methyl sites for hydroxylation is 1. The van der Waals surface area contributed by atoms with Crippen LogP contribution in [0, 0.1) is 12.7 Å². The second-order valence-electron chi connectivity index (χ2n) is 3.13. The third-order valence-electron chi connectivity index (χ3n) is 1.88. The summed E-state index contributed by atoms with van der Waals surface area (Å²) in [5, 5.41) is 17.1. The van der Waals surface area contributed by atoms with Crippen LogP contribution in [0.15, 0.2) is 18.2 Å². The molecule has 0 aliphatic rings. The SMILES string of the molecule is Cc1nnc(Oc2cc(F)ccc2C(=O)O)s1. The fraction of sp³-hybridized carbons (Fsp3) is 0.100. The van der Waals surface area contributed by atoms with Crippen molar-refractivity contribution >= 4 is 17.3 Å². The highest BCUT2D eigenvalue weighted by atomic mass is 32.1. The van der Waals surface area contributed by atoms with Gasteiger partial charge in [-0.3, -0.25) is 0 Å². The zero-order valence-corrected chi connectivity index (χ0v) is 9.49. The molecule has 0 fully saturated rings. The van der Waals surface area contributed by atoms with E-state index in [4.69, 9.17) is 9.84 Å². The maximum atomic E-state index is 13.0. The van der Waals surface area contributed by atoms with Crippen molar-refractivity contribution in [1.29, 1.82) is 0 Å². The zero-order chi connectivity index (χ0) is 12.4. The highest BCUT2D eigenvalue weighted by Gasteiger charge is 2.14. The number of rotatable bonds is 3. The molecule has 1 aromatic carbocycles. The third-order valence-corrected chi connectivity index (χ3v) is 2.60. The first kappa shape index (κ1) is 11.5. The van der Waals surface area contributed by atoms with Gasteiger partial charge >= 0.3 is 5.97 Å². The minimum atomic E-state index is -1.19. The Hall–Kier alpha value is -2.02. The van der Waals surface area contributed by atoms with Gasteiger partial charge in [0.25, 0.3) is 5.19 Å². The molecule has 5 nitrogen and oxygen atoms in total. The third kappa shape index (κ3) is 2.56. The van der Waals surface area contributed by atoms with Crippen molar-refractivity contribution in [2.24, 2.45) is 0 Å². The normalized spacial score (nSPS) is 10.2. The van der Waals surface area contributed by atoms with Gasteiger partial charge in [-0.2, -0.15) is 0 Å². The van der Waals surface area contributed by atoms with E-state index < -0.39 is 11.8 Å². The average molecular weight is 254 g/mol. The topological polar surface area (TPSA) is 72.3 Å². The lowest BCUT2D eigenvalue weighted by Gasteiger charge is -2.04. The molecule has 0 aliphatic heterocycles. The summed E-state index contributed by atoms with van der Waals surface area (Å²) in [7, 11) is 0. The monoisotopic (exact) mass is 254 g/mol. The molecule has 0 radical (unpaired) electrons. The summed E-state index contributed by atoms with van der Waals surface area (Å²) in [5.74, 6) is -1.86.